The van der Waals surface area contributed by atoms with Crippen LogP contribution in [0, 0.1) is 5.92 Å². The Morgan fingerprint density at radius 2 is 2.15 bits per heavy atom. The van der Waals surface area contributed by atoms with Crippen molar-refractivity contribution in [3.05, 3.63) is 0 Å². The summed E-state index contributed by atoms with van der Waals surface area (Å²) >= 11 is 0. The van der Waals surface area contributed by atoms with Gasteiger partial charge >= 0.3 is 12.4 Å². The van der Waals surface area contributed by atoms with Crippen LogP contribution in [0.3, 0.4) is 0 Å². The molecule has 0 spiro atoms. The maximum absolute atomic E-state index is 11.3. The lowest BCUT2D eigenvalue weighted by Gasteiger charge is -2.26. The first-order valence-electron chi connectivity index (χ1n) is 4.57. The molecule has 0 unspecified atom stereocenters. The maximum atomic E-state index is 11.3. The van der Waals surface area contributed by atoms with E-state index in [1.165, 1.54) is 0 Å². The van der Waals surface area contributed by atoms with E-state index >= 15 is 0 Å². The first-order valence-corrected chi connectivity index (χ1v) is 4.57. The van der Waals surface area contributed by atoms with Crippen LogP contribution in [0.4, 0.5) is 0 Å². The van der Waals surface area contributed by atoms with Crippen molar-refractivity contribution in [2.75, 3.05) is 19.7 Å². The fraction of sp³-hybridized carbons (Fsp3) is 0.778. The van der Waals surface area contributed by atoms with E-state index in [2.05, 4.69) is 0 Å². The molecule has 0 aliphatic carbocycles. The highest BCUT2D eigenvalue weighted by atomic mass is 16.5. The summed E-state index contributed by atoms with van der Waals surface area (Å²) in [7, 11) is 0. The molecule has 1 rings (SSSR count). The predicted octanol–water partition coefficient (Wildman–Crippen LogP) is 0.329. The van der Waals surface area contributed by atoms with E-state index in [4.69, 9.17) is 4.74 Å². The van der Waals surface area contributed by atoms with Gasteiger partial charge in [0.25, 0.3) is 0 Å². The molecule has 0 bridgehead atoms. The number of hydrogen-bond acceptors (Lipinski definition) is 3. The molecule has 4 nitrogen and oxygen atoms in total. The summed E-state index contributed by atoms with van der Waals surface area (Å²) in [5, 5.41) is 0. The smallest absolute Gasteiger partial charge is 0.312 e. The van der Waals surface area contributed by atoms with Crippen LogP contribution in [-0.2, 0) is 14.3 Å². The van der Waals surface area contributed by atoms with Crippen molar-refractivity contribution in [1.29, 1.82) is 0 Å². The molecule has 0 saturated carbocycles. The van der Waals surface area contributed by atoms with Gasteiger partial charge in [0.2, 0.25) is 0 Å². The third-order valence-corrected chi connectivity index (χ3v) is 2.24. The van der Waals surface area contributed by atoms with Crippen LogP contribution in [0.25, 0.3) is 0 Å². The highest BCUT2D eigenvalue weighted by molar-refractivity contribution is 5.72. The van der Waals surface area contributed by atoms with Gasteiger partial charge in [-0.3, -0.25) is 9.59 Å². The van der Waals surface area contributed by atoms with Gasteiger partial charge in [0.05, 0.1) is 12.5 Å². The third kappa shape index (κ3) is 2.72. The number of ether oxygens (including phenoxy) is 1. The quantitative estimate of drug-likeness (QED) is 0.594. The molecule has 1 saturated heterocycles. The third-order valence-electron chi connectivity index (χ3n) is 2.24. The van der Waals surface area contributed by atoms with Gasteiger partial charge in [-0.15, -0.1) is 0 Å². The summed E-state index contributed by atoms with van der Waals surface area (Å²) in [6, 6.07) is 0. The van der Waals surface area contributed by atoms with Gasteiger partial charge in [0.15, 0.2) is 0 Å². The van der Waals surface area contributed by atoms with Crippen LogP contribution in [0.2, 0.25) is 0 Å². The van der Waals surface area contributed by atoms with Gasteiger partial charge < -0.3 is 9.64 Å². The number of amides is 1. The van der Waals surface area contributed by atoms with Gasteiger partial charge in [-0.1, -0.05) is 0 Å². The van der Waals surface area contributed by atoms with Crippen LogP contribution in [0.5, 0.6) is 0 Å². The Labute approximate surface area is 77.8 Å². The largest absolute Gasteiger partial charge is 0.466 e. The first kappa shape index (κ1) is 10.0. The minimum absolute atomic E-state index is 0.0236. The van der Waals surface area contributed by atoms with Crippen molar-refractivity contribution >= 4 is 12.4 Å². The van der Waals surface area contributed by atoms with Crippen LogP contribution in [0.1, 0.15) is 19.8 Å². The van der Waals surface area contributed by atoms with Crippen molar-refractivity contribution in [2.45, 2.75) is 19.8 Å². The molecular formula is C9H14NO3. The Bertz CT molecular complexity index is 185. The van der Waals surface area contributed by atoms with Crippen LogP contribution < -0.4 is 0 Å². The molecule has 0 aromatic rings. The molecule has 0 aromatic carbocycles. The van der Waals surface area contributed by atoms with Gasteiger partial charge in [-0.2, -0.15) is 0 Å². The molecule has 73 valence electrons. The van der Waals surface area contributed by atoms with Gasteiger partial charge in [0.1, 0.15) is 0 Å². The Morgan fingerprint density at radius 1 is 1.54 bits per heavy atom. The van der Waals surface area contributed by atoms with E-state index in [9.17, 15) is 9.59 Å². The van der Waals surface area contributed by atoms with E-state index < -0.39 is 0 Å². The Balaban J connectivity index is 2.31. The van der Waals surface area contributed by atoms with Gasteiger partial charge in [-0.05, 0) is 19.8 Å². The number of likely N-dealkylation sites (tertiary alicyclic amines) is 1. The zero-order valence-electron chi connectivity index (χ0n) is 7.78. The maximum Gasteiger partial charge on any atom is 0.312 e. The minimum atomic E-state index is -0.131. The Hall–Kier alpha value is -1.06. The zero-order valence-corrected chi connectivity index (χ0v) is 7.78. The summed E-state index contributed by atoms with van der Waals surface area (Å²) in [5.74, 6) is -0.155. The lowest BCUT2D eigenvalue weighted by atomic mass is 9.97. The second kappa shape index (κ2) is 4.84. The van der Waals surface area contributed by atoms with Gasteiger partial charge in [0, 0.05) is 13.1 Å². The second-order valence-electron chi connectivity index (χ2n) is 3.10. The lowest BCUT2D eigenvalue weighted by molar-refractivity contribution is -0.149. The molecule has 1 fully saturated rings. The van der Waals surface area contributed by atoms with E-state index in [-0.39, 0.29) is 11.9 Å². The van der Waals surface area contributed by atoms with E-state index in [0.717, 1.165) is 0 Å². The molecule has 0 N–H and O–H groups in total. The summed E-state index contributed by atoms with van der Waals surface area (Å²) in [6.45, 7) is 3.46. The topological polar surface area (TPSA) is 46.6 Å². The number of esters is 1. The molecule has 1 amide bonds. The number of nitrogens with zero attached hydrogens (tertiary/aromatic N) is 1. The predicted molar refractivity (Wildman–Crippen MR) is 46.6 cm³/mol. The summed E-state index contributed by atoms with van der Waals surface area (Å²) < 4.78 is 4.89. The highest BCUT2D eigenvalue weighted by Gasteiger charge is 2.25. The number of rotatable bonds is 3. The van der Waals surface area contributed by atoms with E-state index in [1.54, 1.807) is 11.8 Å². The molecule has 1 aliphatic rings. The molecular weight excluding hydrogens is 170 g/mol. The fourth-order valence-corrected chi connectivity index (χ4v) is 1.47. The lowest BCUT2D eigenvalue weighted by Crippen LogP contribution is -2.35. The average molecular weight is 184 g/mol. The number of piperidine rings is 1. The molecule has 1 aliphatic heterocycles. The summed E-state index contributed by atoms with van der Waals surface area (Å²) in [5.41, 5.74) is 0. The highest BCUT2D eigenvalue weighted by Crippen LogP contribution is 2.17. The monoisotopic (exact) mass is 184 g/mol. The minimum Gasteiger partial charge on any atom is -0.466 e. The molecule has 1 heterocycles. The molecule has 1 radical (unpaired) electrons. The van der Waals surface area contributed by atoms with Crippen molar-refractivity contribution < 1.29 is 14.3 Å². The SMILES string of the molecule is CCOC(=O)C1CCN([C]=O)CC1. The molecule has 13 heavy (non-hydrogen) atoms. The van der Waals surface area contributed by atoms with Crippen LogP contribution in [-0.4, -0.2) is 37.0 Å². The molecule has 4 heteroatoms. The van der Waals surface area contributed by atoms with Crippen molar-refractivity contribution in [1.82, 2.24) is 4.90 Å². The molecule has 0 aromatic heterocycles. The number of carbonyl (C=O) groups excluding carboxylic acids is 2. The van der Waals surface area contributed by atoms with Crippen molar-refractivity contribution in [3.63, 3.8) is 0 Å². The average Bonchev–Trinajstić information content (AvgIpc) is 2.18. The molecule has 0 atom stereocenters. The number of hydrogen-bond donors (Lipinski definition) is 0. The normalized spacial score (nSPS) is 18.4. The Kier molecular flexibility index (Phi) is 3.73. The van der Waals surface area contributed by atoms with Crippen LogP contribution >= 0.6 is 0 Å². The summed E-state index contributed by atoms with van der Waals surface area (Å²) in [4.78, 5) is 23.1. The second-order valence-corrected chi connectivity index (χ2v) is 3.10. The standard InChI is InChI=1S/C9H14NO3/c1-2-13-9(12)8-3-5-10(7-11)6-4-8/h8H,2-6H2,1H3. The first-order chi connectivity index (χ1) is 6.27. The van der Waals surface area contributed by atoms with Gasteiger partial charge in [-0.25, -0.2) is 0 Å². The summed E-state index contributed by atoms with van der Waals surface area (Å²) in [6.07, 6.45) is 3.23. The zero-order chi connectivity index (χ0) is 9.68. The Morgan fingerprint density at radius 3 is 2.62 bits per heavy atom. The number of carbonyl (C=O) groups is 1. The van der Waals surface area contributed by atoms with E-state index in [1.807, 2.05) is 6.41 Å². The van der Waals surface area contributed by atoms with E-state index in [0.29, 0.717) is 32.5 Å². The van der Waals surface area contributed by atoms with Crippen LogP contribution in [0.15, 0.2) is 0 Å². The van der Waals surface area contributed by atoms with Crippen molar-refractivity contribution in [2.24, 2.45) is 5.92 Å². The fourth-order valence-electron chi connectivity index (χ4n) is 1.47. The van der Waals surface area contributed by atoms with Crippen molar-refractivity contribution in [3.8, 4) is 0 Å².